The second kappa shape index (κ2) is 8.01. The van der Waals surface area contributed by atoms with Gasteiger partial charge in [-0.1, -0.05) is 23.7 Å². The number of pyridine rings is 1. The second-order valence-corrected chi connectivity index (χ2v) is 6.51. The quantitative estimate of drug-likeness (QED) is 0.680. The molecular formula is C21H17ClN2O3. The zero-order valence-corrected chi connectivity index (χ0v) is 15.4. The molecule has 0 saturated heterocycles. The van der Waals surface area contributed by atoms with E-state index >= 15 is 0 Å². The minimum atomic E-state index is -0.499. The number of benzene rings is 2. The zero-order valence-electron chi connectivity index (χ0n) is 14.6. The van der Waals surface area contributed by atoms with Gasteiger partial charge in [-0.25, -0.2) is 0 Å². The molecule has 2 aromatic carbocycles. The van der Waals surface area contributed by atoms with Crippen LogP contribution in [0.4, 0.5) is 5.69 Å². The molecule has 1 N–H and O–H groups in total. The van der Waals surface area contributed by atoms with Crippen molar-refractivity contribution in [2.24, 2.45) is 0 Å². The van der Waals surface area contributed by atoms with E-state index in [4.69, 9.17) is 11.6 Å². The number of nitrogens with zero attached hydrogens (tertiary/aromatic N) is 1. The minimum absolute atomic E-state index is 0.0436. The van der Waals surface area contributed by atoms with Gasteiger partial charge in [0.2, 0.25) is 0 Å². The average molecular weight is 381 g/mol. The van der Waals surface area contributed by atoms with Gasteiger partial charge in [0.1, 0.15) is 5.56 Å². The summed E-state index contributed by atoms with van der Waals surface area (Å²) in [6.07, 6.45) is 1.63. The van der Waals surface area contributed by atoms with Crippen LogP contribution in [-0.4, -0.2) is 16.3 Å². The molecule has 0 fully saturated rings. The molecule has 3 aromatic rings. The molecule has 0 radical (unpaired) electrons. The van der Waals surface area contributed by atoms with Crippen LogP contribution < -0.4 is 10.9 Å². The fourth-order valence-corrected chi connectivity index (χ4v) is 2.73. The summed E-state index contributed by atoms with van der Waals surface area (Å²) in [5, 5.41) is 3.30. The minimum Gasteiger partial charge on any atom is -0.322 e. The van der Waals surface area contributed by atoms with Gasteiger partial charge in [0.25, 0.3) is 11.5 Å². The van der Waals surface area contributed by atoms with Gasteiger partial charge < -0.3 is 9.88 Å². The highest BCUT2D eigenvalue weighted by atomic mass is 35.5. The maximum Gasteiger partial charge on any atom is 0.263 e. The molecule has 0 aliphatic carbocycles. The molecule has 0 spiro atoms. The van der Waals surface area contributed by atoms with E-state index in [0.717, 1.165) is 5.56 Å². The van der Waals surface area contributed by atoms with Crippen molar-refractivity contribution in [3.05, 3.63) is 98.9 Å². The molecule has 1 heterocycles. The van der Waals surface area contributed by atoms with E-state index in [9.17, 15) is 14.4 Å². The van der Waals surface area contributed by atoms with Crippen LogP contribution in [0.15, 0.2) is 71.7 Å². The maximum absolute atomic E-state index is 12.6. The highest BCUT2D eigenvalue weighted by Crippen LogP contribution is 2.12. The number of Topliss-reactive ketones (excluding diaryl/α,β-unsaturated/α-hetero) is 1. The third-order valence-corrected chi connectivity index (χ3v) is 4.33. The molecule has 6 heteroatoms. The molecule has 0 atom stereocenters. The molecule has 136 valence electrons. The van der Waals surface area contributed by atoms with E-state index < -0.39 is 5.91 Å². The summed E-state index contributed by atoms with van der Waals surface area (Å²) in [5.41, 5.74) is 1.63. The van der Waals surface area contributed by atoms with E-state index in [1.165, 1.54) is 17.6 Å². The predicted octanol–water partition coefficient (Wildman–Crippen LogP) is 4.00. The van der Waals surface area contributed by atoms with Gasteiger partial charge in [-0.2, -0.15) is 0 Å². The van der Waals surface area contributed by atoms with Gasteiger partial charge >= 0.3 is 0 Å². The Morgan fingerprint density at radius 3 is 2.30 bits per heavy atom. The first-order chi connectivity index (χ1) is 12.9. The molecule has 1 aromatic heterocycles. The number of nitrogens with one attached hydrogen (secondary N) is 1. The number of halogens is 1. The van der Waals surface area contributed by atoms with Crippen molar-refractivity contribution in [1.29, 1.82) is 0 Å². The number of ketones is 1. The number of carbonyl (C=O) groups is 2. The normalized spacial score (nSPS) is 10.4. The van der Waals surface area contributed by atoms with Crippen molar-refractivity contribution in [3.63, 3.8) is 0 Å². The third kappa shape index (κ3) is 4.51. The first kappa shape index (κ1) is 18.6. The Kier molecular flexibility index (Phi) is 5.52. The van der Waals surface area contributed by atoms with Gasteiger partial charge in [-0.15, -0.1) is 0 Å². The van der Waals surface area contributed by atoms with Crippen LogP contribution >= 0.6 is 11.6 Å². The Hall–Kier alpha value is -3.18. The predicted molar refractivity (Wildman–Crippen MR) is 106 cm³/mol. The van der Waals surface area contributed by atoms with Crippen molar-refractivity contribution in [2.75, 3.05) is 5.32 Å². The number of aromatic nitrogens is 1. The standard InChI is InChI=1S/C21H17ClN2O3/c1-14(25)16-6-10-18(11-7-16)23-20(26)19-3-2-12-24(21(19)27)13-15-4-8-17(22)9-5-15/h2-12H,13H2,1H3,(H,23,26). The van der Waals surface area contributed by atoms with Crippen molar-refractivity contribution in [1.82, 2.24) is 4.57 Å². The summed E-state index contributed by atoms with van der Waals surface area (Å²) in [4.78, 5) is 36.5. The molecule has 3 rings (SSSR count). The molecular weight excluding hydrogens is 364 g/mol. The maximum atomic E-state index is 12.6. The molecule has 5 nitrogen and oxygen atoms in total. The SMILES string of the molecule is CC(=O)c1ccc(NC(=O)c2cccn(Cc3ccc(Cl)cc3)c2=O)cc1. The monoisotopic (exact) mass is 380 g/mol. The Bertz CT molecular complexity index is 1040. The Morgan fingerprint density at radius 1 is 1.00 bits per heavy atom. The van der Waals surface area contributed by atoms with Crippen molar-refractivity contribution >= 4 is 29.0 Å². The van der Waals surface area contributed by atoms with Gasteiger partial charge in [-0.05, 0) is 61.0 Å². The number of amides is 1. The number of carbonyl (C=O) groups excluding carboxylic acids is 2. The summed E-state index contributed by atoms with van der Waals surface area (Å²) >= 11 is 5.88. The topological polar surface area (TPSA) is 68.2 Å². The van der Waals surface area contributed by atoms with Crippen LogP contribution in [-0.2, 0) is 6.54 Å². The lowest BCUT2D eigenvalue weighted by molar-refractivity contribution is 0.101. The fourth-order valence-electron chi connectivity index (χ4n) is 2.61. The first-order valence-corrected chi connectivity index (χ1v) is 8.68. The Morgan fingerprint density at radius 2 is 1.67 bits per heavy atom. The van der Waals surface area contributed by atoms with Crippen LogP contribution in [0.2, 0.25) is 5.02 Å². The van der Waals surface area contributed by atoms with Crippen LogP contribution in [0, 0.1) is 0 Å². The summed E-state index contributed by atoms with van der Waals surface area (Å²) in [5.74, 6) is -0.554. The van der Waals surface area contributed by atoms with Crippen molar-refractivity contribution in [3.8, 4) is 0 Å². The van der Waals surface area contributed by atoms with Crippen LogP contribution in [0.5, 0.6) is 0 Å². The van der Waals surface area contributed by atoms with E-state index in [2.05, 4.69) is 5.32 Å². The number of hydrogen-bond donors (Lipinski definition) is 1. The first-order valence-electron chi connectivity index (χ1n) is 8.30. The molecule has 0 aliphatic heterocycles. The van der Waals surface area contributed by atoms with Gasteiger partial charge in [0.15, 0.2) is 5.78 Å². The van der Waals surface area contributed by atoms with Crippen molar-refractivity contribution in [2.45, 2.75) is 13.5 Å². The molecule has 0 unspecified atom stereocenters. The third-order valence-electron chi connectivity index (χ3n) is 4.08. The molecule has 0 aliphatic rings. The summed E-state index contributed by atoms with van der Waals surface area (Å²) in [7, 11) is 0. The van der Waals surface area contributed by atoms with Gasteiger partial charge in [0.05, 0.1) is 6.54 Å². The highest BCUT2D eigenvalue weighted by Gasteiger charge is 2.13. The Labute approximate surface area is 161 Å². The Balaban J connectivity index is 1.80. The van der Waals surface area contributed by atoms with Crippen LogP contribution in [0.3, 0.4) is 0 Å². The molecule has 1 amide bonds. The summed E-state index contributed by atoms with van der Waals surface area (Å²) < 4.78 is 1.47. The number of anilines is 1. The van der Waals surface area contributed by atoms with Crippen LogP contribution in [0.25, 0.3) is 0 Å². The van der Waals surface area contributed by atoms with Gasteiger partial charge in [-0.3, -0.25) is 14.4 Å². The summed E-state index contributed by atoms with van der Waals surface area (Å²) in [6.45, 7) is 1.81. The summed E-state index contributed by atoms with van der Waals surface area (Å²) in [6, 6.07) is 16.8. The van der Waals surface area contributed by atoms with E-state index in [0.29, 0.717) is 22.8 Å². The lowest BCUT2D eigenvalue weighted by Gasteiger charge is -2.09. The van der Waals surface area contributed by atoms with Crippen LogP contribution in [0.1, 0.15) is 33.2 Å². The molecule has 0 bridgehead atoms. The highest BCUT2D eigenvalue weighted by molar-refractivity contribution is 6.30. The van der Waals surface area contributed by atoms with E-state index in [1.807, 2.05) is 12.1 Å². The van der Waals surface area contributed by atoms with Gasteiger partial charge in [0, 0.05) is 22.5 Å². The second-order valence-electron chi connectivity index (χ2n) is 6.07. The fraction of sp³-hybridized carbons (Fsp3) is 0.0952. The van der Waals surface area contributed by atoms with Crippen molar-refractivity contribution < 1.29 is 9.59 Å². The largest absolute Gasteiger partial charge is 0.322 e. The lowest BCUT2D eigenvalue weighted by atomic mass is 10.1. The smallest absolute Gasteiger partial charge is 0.263 e. The number of hydrogen-bond acceptors (Lipinski definition) is 3. The molecule has 0 saturated carbocycles. The lowest BCUT2D eigenvalue weighted by Crippen LogP contribution is -2.29. The zero-order chi connectivity index (χ0) is 19.4. The molecule has 27 heavy (non-hydrogen) atoms. The van der Waals surface area contributed by atoms with E-state index in [-0.39, 0.29) is 16.9 Å². The van der Waals surface area contributed by atoms with E-state index in [1.54, 1.807) is 48.7 Å². The average Bonchev–Trinajstić information content (AvgIpc) is 2.65. The number of rotatable bonds is 5.